The Morgan fingerprint density at radius 2 is 1.44 bits per heavy atom. The quantitative estimate of drug-likeness (QED) is 0.650. The van der Waals surface area contributed by atoms with Crippen molar-refractivity contribution in [3.8, 4) is 5.75 Å². The Kier molecular flexibility index (Phi) is 7.00. The van der Waals surface area contributed by atoms with Crippen LogP contribution in [0.25, 0.3) is 0 Å². The second kappa shape index (κ2) is 9.46. The average Bonchev–Trinajstić information content (AvgIpc) is 3.01. The molecule has 3 aromatic rings. The molecule has 6 heteroatoms. The molecule has 0 aliphatic rings. The van der Waals surface area contributed by atoms with Crippen LogP contribution in [0.15, 0.2) is 72.1 Å². The lowest BCUT2D eigenvalue weighted by molar-refractivity contribution is 0.393. The van der Waals surface area contributed by atoms with Gasteiger partial charge in [0.25, 0.3) is 0 Å². The molecule has 2 heterocycles. The molecule has 0 atom stereocenters. The molecule has 0 aliphatic heterocycles. The summed E-state index contributed by atoms with van der Waals surface area (Å²) in [6.45, 7) is 0. The number of aromatic hydroxyl groups is 1. The summed E-state index contributed by atoms with van der Waals surface area (Å²) < 4.78 is 4.22. The second-order valence-electron chi connectivity index (χ2n) is 2.82. The number of hydrogen-bond donors (Lipinski definition) is 1. The summed E-state index contributed by atoms with van der Waals surface area (Å²) in [5, 5.41) is 15.0. The molecule has 0 bridgehead atoms. The molecular formula is C12H12N4O2. The first-order valence-electron chi connectivity index (χ1n) is 5.04. The topological polar surface area (TPSA) is 84.9 Å². The highest BCUT2D eigenvalue weighted by Crippen LogP contribution is 2.02. The van der Waals surface area contributed by atoms with E-state index in [1.165, 1.54) is 12.5 Å². The maximum Gasteiger partial charge on any atom is 0.144 e. The Balaban J connectivity index is 0.000000137. The van der Waals surface area contributed by atoms with Gasteiger partial charge < -0.3 is 9.63 Å². The largest absolute Gasteiger partial charge is 0.508 e. The normalized spacial score (nSPS) is 8.22. The lowest BCUT2D eigenvalue weighted by Crippen LogP contribution is -1.66. The lowest BCUT2D eigenvalue weighted by atomic mass is 10.3. The van der Waals surface area contributed by atoms with E-state index in [1.807, 2.05) is 6.07 Å². The van der Waals surface area contributed by atoms with E-state index in [9.17, 15) is 0 Å². The smallest absolute Gasteiger partial charge is 0.144 e. The van der Waals surface area contributed by atoms with Crippen molar-refractivity contribution in [2.24, 2.45) is 0 Å². The second-order valence-corrected chi connectivity index (χ2v) is 2.82. The highest BCUT2D eigenvalue weighted by atomic mass is 16.5. The molecule has 0 unspecified atom stereocenters. The fourth-order valence-corrected chi connectivity index (χ4v) is 0.817. The molecule has 0 radical (unpaired) electrons. The first kappa shape index (κ1) is 13.3. The fourth-order valence-electron chi connectivity index (χ4n) is 0.817. The minimum atomic E-state index is 0.322. The van der Waals surface area contributed by atoms with Gasteiger partial charge in [0.2, 0.25) is 0 Å². The van der Waals surface area contributed by atoms with Crippen molar-refractivity contribution in [3.63, 3.8) is 0 Å². The Morgan fingerprint density at radius 3 is 1.67 bits per heavy atom. The van der Waals surface area contributed by atoms with Gasteiger partial charge in [-0.1, -0.05) is 18.2 Å². The fraction of sp³-hybridized carbons (Fsp3) is 0. The molecule has 0 fully saturated rings. The van der Waals surface area contributed by atoms with Crippen LogP contribution in [0.3, 0.4) is 0 Å². The van der Waals surface area contributed by atoms with E-state index in [4.69, 9.17) is 5.11 Å². The number of rotatable bonds is 0. The number of phenols is 1. The molecule has 0 saturated carbocycles. The number of aromatic nitrogens is 4. The van der Waals surface area contributed by atoms with Gasteiger partial charge in [0.05, 0.1) is 6.20 Å². The highest BCUT2D eigenvalue weighted by Gasteiger charge is 1.74. The van der Waals surface area contributed by atoms with Crippen LogP contribution in [-0.2, 0) is 0 Å². The van der Waals surface area contributed by atoms with Crippen molar-refractivity contribution >= 4 is 0 Å². The molecule has 92 valence electrons. The molecule has 0 amide bonds. The van der Waals surface area contributed by atoms with Crippen LogP contribution in [-0.4, -0.2) is 25.4 Å². The van der Waals surface area contributed by atoms with E-state index in [-0.39, 0.29) is 0 Å². The van der Waals surface area contributed by atoms with Crippen LogP contribution >= 0.6 is 0 Å². The predicted octanol–water partition coefficient (Wildman–Crippen LogP) is 1.94. The van der Waals surface area contributed by atoms with E-state index in [2.05, 4.69) is 24.9 Å². The molecule has 0 aliphatic carbocycles. The van der Waals surface area contributed by atoms with Crippen LogP contribution in [0, 0.1) is 0 Å². The summed E-state index contributed by atoms with van der Waals surface area (Å²) in [6, 6.07) is 8.71. The van der Waals surface area contributed by atoms with Gasteiger partial charge in [-0.05, 0) is 12.1 Å². The molecule has 1 aromatic carbocycles. The van der Waals surface area contributed by atoms with Crippen molar-refractivity contribution in [1.29, 1.82) is 0 Å². The maximum atomic E-state index is 8.63. The Morgan fingerprint density at radius 1 is 0.833 bits per heavy atom. The summed E-state index contributed by atoms with van der Waals surface area (Å²) in [6.07, 6.45) is 9.43. The van der Waals surface area contributed by atoms with E-state index in [0.29, 0.717) is 5.75 Å². The molecule has 0 spiro atoms. The van der Waals surface area contributed by atoms with E-state index in [0.717, 1.165) is 0 Å². The zero-order valence-electron chi connectivity index (χ0n) is 9.50. The van der Waals surface area contributed by atoms with Crippen molar-refractivity contribution in [1.82, 2.24) is 20.3 Å². The third kappa shape index (κ3) is 7.52. The molecule has 6 nitrogen and oxygen atoms in total. The van der Waals surface area contributed by atoms with E-state index in [1.54, 1.807) is 49.1 Å². The minimum Gasteiger partial charge on any atom is -0.508 e. The number of para-hydroxylation sites is 1. The summed E-state index contributed by atoms with van der Waals surface area (Å²) in [4.78, 5) is 7.44. The number of hydrogen-bond acceptors (Lipinski definition) is 6. The maximum absolute atomic E-state index is 8.63. The van der Waals surface area contributed by atoms with Crippen LogP contribution in [0.4, 0.5) is 0 Å². The zero-order chi connectivity index (χ0) is 12.9. The Labute approximate surface area is 104 Å². The third-order valence-corrected chi connectivity index (χ3v) is 1.52. The van der Waals surface area contributed by atoms with Gasteiger partial charge in [0.15, 0.2) is 0 Å². The standard InChI is InChI=1S/C6H6O.C4H4N2.C2H2N2O/c7-6-4-2-1-3-5-6;1-2-6-4-3-5-1;1-2-5-4-3-1/h1-5,7H;1-4H;1-2H. The van der Waals surface area contributed by atoms with Gasteiger partial charge in [-0.3, -0.25) is 9.97 Å². The predicted molar refractivity (Wildman–Crippen MR) is 64.4 cm³/mol. The van der Waals surface area contributed by atoms with Crippen molar-refractivity contribution in [2.75, 3.05) is 0 Å². The Hall–Kier alpha value is -2.76. The SMILES string of the molecule is Oc1ccccc1.c1cnccn1.c1conn1. The van der Waals surface area contributed by atoms with Gasteiger partial charge >= 0.3 is 0 Å². The Bertz CT molecular complexity index is 430. The van der Waals surface area contributed by atoms with Crippen LogP contribution in [0.1, 0.15) is 0 Å². The molecular weight excluding hydrogens is 232 g/mol. The third-order valence-electron chi connectivity index (χ3n) is 1.52. The molecule has 0 saturated heterocycles. The summed E-state index contributed by atoms with van der Waals surface area (Å²) in [5.41, 5.74) is 0. The summed E-state index contributed by atoms with van der Waals surface area (Å²) in [7, 11) is 0. The van der Waals surface area contributed by atoms with E-state index >= 15 is 0 Å². The summed E-state index contributed by atoms with van der Waals surface area (Å²) in [5.74, 6) is 0.322. The van der Waals surface area contributed by atoms with Gasteiger partial charge in [0, 0.05) is 30.1 Å². The van der Waals surface area contributed by atoms with Gasteiger partial charge in [-0.25, -0.2) is 0 Å². The monoisotopic (exact) mass is 244 g/mol. The first-order chi connectivity index (χ1) is 8.89. The molecule has 2 aromatic heterocycles. The van der Waals surface area contributed by atoms with Crippen molar-refractivity contribution < 1.29 is 9.63 Å². The van der Waals surface area contributed by atoms with Gasteiger partial charge in [0.1, 0.15) is 12.0 Å². The first-order valence-corrected chi connectivity index (χ1v) is 5.04. The van der Waals surface area contributed by atoms with Crippen LogP contribution in [0.2, 0.25) is 0 Å². The number of benzene rings is 1. The van der Waals surface area contributed by atoms with Gasteiger partial charge in [-0.15, -0.1) is 5.10 Å². The van der Waals surface area contributed by atoms with E-state index < -0.39 is 0 Å². The molecule has 3 rings (SSSR count). The number of phenolic OH excluding ortho intramolecular Hbond substituents is 1. The lowest BCUT2D eigenvalue weighted by Gasteiger charge is -1.82. The van der Waals surface area contributed by atoms with Crippen molar-refractivity contribution in [3.05, 3.63) is 67.6 Å². The molecule has 1 N–H and O–H groups in total. The average molecular weight is 244 g/mol. The van der Waals surface area contributed by atoms with Crippen LogP contribution < -0.4 is 0 Å². The number of nitrogens with zero attached hydrogens (tertiary/aromatic N) is 4. The summed E-state index contributed by atoms with van der Waals surface area (Å²) >= 11 is 0. The van der Waals surface area contributed by atoms with Crippen molar-refractivity contribution in [2.45, 2.75) is 0 Å². The molecule has 18 heavy (non-hydrogen) atoms. The highest BCUT2D eigenvalue weighted by molar-refractivity contribution is 5.18. The van der Waals surface area contributed by atoms with Crippen LogP contribution in [0.5, 0.6) is 5.75 Å². The zero-order valence-corrected chi connectivity index (χ0v) is 9.50. The minimum absolute atomic E-state index is 0.322. The van der Waals surface area contributed by atoms with Gasteiger partial charge in [-0.2, -0.15) is 0 Å².